The average Bonchev–Trinajstić information content (AvgIpc) is 2.68. The lowest BCUT2D eigenvalue weighted by Crippen LogP contribution is -1.99. The molecule has 26 heavy (non-hydrogen) atoms. The summed E-state index contributed by atoms with van der Waals surface area (Å²) in [6.45, 7) is 0. The van der Waals surface area contributed by atoms with Crippen LogP contribution in [0.5, 0.6) is 5.75 Å². The Morgan fingerprint density at radius 3 is 2.73 bits per heavy atom. The summed E-state index contributed by atoms with van der Waals surface area (Å²) in [7, 11) is 1.57. The van der Waals surface area contributed by atoms with Crippen molar-refractivity contribution < 1.29 is 9.66 Å². The average molecular weight is 346 g/mol. The van der Waals surface area contributed by atoms with Gasteiger partial charge in [0.05, 0.1) is 23.3 Å². The molecule has 0 aliphatic heterocycles. The molecule has 0 bridgehead atoms. The number of nitriles is 1. The Morgan fingerprint density at radius 1 is 1.19 bits per heavy atom. The number of non-ortho nitro benzene ring substituents is 1. The first kappa shape index (κ1) is 16.9. The third kappa shape index (κ3) is 3.44. The largest absolute Gasteiger partial charge is 0.497 e. The van der Waals surface area contributed by atoms with Crippen molar-refractivity contribution in [3.8, 4) is 22.9 Å². The van der Waals surface area contributed by atoms with Gasteiger partial charge >= 0.3 is 0 Å². The first-order valence-corrected chi connectivity index (χ1v) is 7.66. The molecule has 0 aliphatic rings. The van der Waals surface area contributed by atoms with Crippen molar-refractivity contribution in [2.75, 3.05) is 12.4 Å². The van der Waals surface area contributed by atoms with Gasteiger partial charge in [0.25, 0.3) is 5.69 Å². The molecule has 1 aromatic heterocycles. The van der Waals surface area contributed by atoms with E-state index < -0.39 is 4.92 Å². The Morgan fingerprint density at radius 2 is 2.00 bits per heavy atom. The molecule has 2 aromatic carbocycles. The van der Waals surface area contributed by atoms with E-state index in [9.17, 15) is 15.4 Å². The zero-order valence-electron chi connectivity index (χ0n) is 13.8. The summed E-state index contributed by atoms with van der Waals surface area (Å²) < 4.78 is 5.25. The molecule has 3 rings (SSSR count). The molecular formula is C19H14N4O3. The molecule has 0 fully saturated rings. The fourth-order valence-electron chi connectivity index (χ4n) is 2.53. The molecule has 0 amide bonds. The van der Waals surface area contributed by atoms with E-state index in [1.165, 1.54) is 18.3 Å². The summed E-state index contributed by atoms with van der Waals surface area (Å²) in [6, 6.07) is 15.6. The van der Waals surface area contributed by atoms with E-state index in [1.54, 1.807) is 25.4 Å². The predicted molar refractivity (Wildman–Crippen MR) is 97.3 cm³/mol. The van der Waals surface area contributed by atoms with Crippen LogP contribution in [0, 0.1) is 21.4 Å². The van der Waals surface area contributed by atoms with E-state index in [-0.39, 0.29) is 5.69 Å². The minimum Gasteiger partial charge on any atom is -0.497 e. The third-order valence-electron chi connectivity index (χ3n) is 3.77. The normalized spacial score (nSPS) is 10.0. The van der Waals surface area contributed by atoms with Gasteiger partial charge in [-0.2, -0.15) is 5.26 Å². The number of hydrogen-bond donors (Lipinski definition) is 1. The van der Waals surface area contributed by atoms with Crippen LogP contribution in [0.1, 0.15) is 5.56 Å². The number of benzene rings is 2. The molecule has 0 radical (unpaired) electrons. The number of nitrogens with one attached hydrogen (secondary N) is 1. The van der Waals surface area contributed by atoms with Crippen molar-refractivity contribution in [1.29, 1.82) is 5.26 Å². The van der Waals surface area contributed by atoms with Crippen molar-refractivity contribution >= 4 is 17.1 Å². The Bertz CT molecular complexity index is 1010. The quantitative estimate of drug-likeness (QED) is 0.546. The second-order valence-electron chi connectivity index (χ2n) is 5.39. The first-order valence-electron chi connectivity index (χ1n) is 7.66. The molecule has 0 aliphatic carbocycles. The summed E-state index contributed by atoms with van der Waals surface area (Å²) in [5, 5.41) is 23.6. The number of hydrogen-bond acceptors (Lipinski definition) is 6. The van der Waals surface area contributed by atoms with Gasteiger partial charge < -0.3 is 10.1 Å². The third-order valence-corrected chi connectivity index (χ3v) is 3.77. The van der Waals surface area contributed by atoms with Crippen molar-refractivity contribution in [2.24, 2.45) is 0 Å². The van der Waals surface area contributed by atoms with Gasteiger partial charge in [-0.05, 0) is 23.8 Å². The minimum absolute atomic E-state index is 0.0366. The molecule has 7 heteroatoms. The Kier molecular flexibility index (Phi) is 4.76. The lowest BCUT2D eigenvalue weighted by atomic mass is 10.0. The highest BCUT2D eigenvalue weighted by atomic mass is 16.6. The number of anilines is 2. The Balaban J connectivity index is 2.10. The van der Waals surface area contributed by atoms with Crippen LogP contribution in [-0.2, 0) is 0 Å². The molecule has 0 spiro atoms. The van der Waals surface area contributed by atoms with Crippen LogP contribution in [0.4, 0.5) is 17.1 Å². The van der Waals surface area contributed by atoms with Gasteiger partial charge in [0.1, 0.15) is 11.8 Å². The fourth-order valence-corrected chi connectivity index (χ4v) is 2.53. The van der Waals surface area contributed by atoms with Crippen LogP contribution in [0.25, 0.3) is 11.1 Å². The van der Waals surface area contributed by atoms with Gasteiger partial charge in [0.2, 0.25) is 0 Å². The predicted octanol–water partition coefficient (Wildman–Crippen LogP) is 4.28. The SMILES string of the molecule is COc1cccc(-c2cncc(C#N)c2Nc2cccc([N+](=O)[O-])c2)c1. The number of nitrogens with zero attached hydrogens (tertiary/aromatic N) is 3. The van der Waals surface area contributed by atoms with Gasteiger partial charge in [-0.15, -0.1) is 0 Å². The van der Waals surface area contributed by atoms with E-state index in [2.05, 4.69) is 16.4 Å². The maximum Gasteiger partial charge on any atom is 0.271 e. The molecule has 0 atom stereocenters. The smallest absolute Gasteiger partial charge is 0.271 e. The highest BCUT2D eigenvalue weighted by Gasteiger charge is 2.14. The summed E-state index contributed by atoms with van der Waals surface area (Å²) in [5.74, 6) is 0.672. The molecule has 7 nitrogen and oxygen atoms in total. The molecule has 0 saturated carbocycles. The summed E-state index contributed by atoms with van der Waals surface area (Å²) in [6.07, 6.45) is 3.08. The van der Waals surface area contributed by atoms with Gasteiger partial charge in [0.15, 0.2) is 0 Å². The summed E-state index contributed by atoms with van der Waals surface area (Å²) in [5.41, 5.74) is 2.82. The van der Waals surface area contributed by atoms with Gasteiger partial charge in [-0.25, -0.2) is 0 Å². The van der Waals surface area contributed by atoms with Crippen LogP contribution in [0.2, 0.25) is 0 Å². The van der Waals surface area contributed by atoms with Gasteiger partial charge in [0, 0.05) is 35.8 Å². The van der Waals surface area contributed by atoms with E-state index >= 15 is 0 Å². The Hall–Kier alpha value is -3.92. The van der Waals surface area contributed by atoms with E-state index in [4.69, 9.17) is 4.74 Å². The minimum atomic E-state index is -0.466. The van der Waals surface area contributed by atoms with E-state index in [0.717, 1.165) is 5.56 Å². The van der Waals surface area contributed by atoms with Gasteiger partial charge in [-0.1, -0.05) is 18.2 Å². The number of nitro groups is 1. The number of ether oxygens (including phenoxy) is 1. The highest BCUT2D eigenvalue weighted by Crippen LogP contribution is 2.34. The molecule has 128 valence electrons. The molecule has 0 saturated heterocycles. The number of rotatable bonds is 5. The van der Waals surface area contributed by atoms with E-state index in [1.807, 2.05) is 24.3 Å². The monoisotopic (exact) mass is 346 g/mol. The van der Waals surface area contributed by atoms with Crippen LogP contribution >= 0.6 is 0 Å². The second kappa shape index (κ2) is 7.32. The molecule has 3 aromatic rings. The standard InChI is InChI=1S/C19H14N4O3/c1-26-17-7-2-4-13(8-17)18-12-21-11-14(10-20)19(18)22-15-5-3-6-16(9-15)23(24)25/h2-9,11-12H,1H3,(H,21,22). The molecular weight excluding hydrogens is 332 g/mol. The van der Waals surface area contributed by atoms with Crippen LogP contribution in [0.3, 0.4) is 0 Å². The van der Waals surface area contributed by atoms with Crippen LogP contribution in [-0.4, -0.2) is 17.0 Å². The highest BCUT2D eigenvalue weighted by molar-refractivity contribution is 5.84. The lowest BCUT2D eigenvalue weighted by Gasteiger charge is -2.14. The Labute approximate surface area is 149 Å². The number of methoxy groups -OCH3 is 1. The zero-order valence-corrected chi connectivity index (χ0v) is 13.8. The first-order chi connectivity index (χ1) is 12.6. The van der Waals surface area contributed by atoms with Crippen molar-refractivity contribution in [2.45, 2.75) is 0 Å². The van der Waals surface area contributed by atoms with Crippen LogP contribution in [0.15, 0.2) is 60.9 Å². The van der Waals surface area contributed by atoms with Crippen molar-refractivity contribution in [3.05, 3.63) is 76.6 Å². The van der Waals surface area contributed by atoms with Gasteiger partial charge in [-0.3, -0.25) is 15.1 Å². The van der Waals surface area contributed by atoms with E-state index in [0.29, 0.717) is 28.3 Å². The maximum absolute atomic E-state index is 11.0. The fraction of sp³-hybridized carbons (Fsp3) is 0.0526. The molecule has 0 unspecified atom stereocenters. The number of aromatic nitrogens is 1. The van der Waals surface area contributed by atoms with Crippen LogP contribution < -0.4 is 10.1 Å². The topological polar surface area (TPSA) is 101 Å². The molecule has 1 heterocycles. The maximum atomic E-state index is 11.0. The van der Waals surface area contributed by atoms with Crippen molar-refractivity contribution in [1.82, 2.24) is 4.98 Å². The zero-order chi connectivity index (χ0) is 18.5. The van der Waals surface area contributed by atoms with Crippen molar-refractivity contribution in [3.63, 3.8) is 0 Å². The number of pyridine rings is 1. The second-order valence-corrected chi connectivity index (χ2v) is 5.39. The molecule has 1 N–H and O–H groups in total. The summed E-state index contributed by atoms with van der Waals surface area (Å²) in [4.78, 5) is 14.6. The lowest BCUT2D eigenvalue weighted by molar-refractivity contribution is -0.384. The number of nitro benzene ring substituents is 1. The summed E-state index contributed by atoms with van der Waals surface area (Å²) >= 11 is 0.